The summed E-state index contributed by atoms with van der Waals surface area (Å²) in [6.07, 6.45) is 5.58. The van der Waals surface area contributed by atoms with Crippen molar-refractivity contribution in [3.8, 4) is 11.5 Å². The van der Waals surface area contributed by atoms with Gasteiger partial charge in [0.05, 0.1) is 7.11 Å². The highest BCUT2D eigenvalue weighted by Gasteiger charge is 2.18. The van der Waals surface area contributed by atoms with Gasteiger partial charge in [-0.2, -0.15) is 0 Å². The average Bonchev–Trinajstić information content (AvgIpc) is 2.77. The van der Waals surface area contributed by atoms with Gasteiger partial charge in [0.15, 0.2) is 18.1 Å². The van der Waals surface area contributed by atoms with Crippen molar-refractivity contribution in [1.29, 1.82) is 0 Å². The summed E-state index contributed by atoms with van der Waals surface area (Å²) in [5.41, 5.74) is 3.05. The first-order valence-electron chi connectivity index (χ1n) is 9.31. The molecule has 29 heavy (non-hydrogen) atoms. The Hall–Kier alpha value is -3.54. The summed E-state index contributed by atoms with van der Waals surface area (Å²) in [6, 6.07) is 14.8. The molecule has 0 spiro atoms. The molecular formula is C23H23NO5. The number of ether oxygens (including phenoxy) is 2. The number of nitrogens with zero attached hydrogens (tertiary/aromatic N) is 1. The highest BCUT2D eigenvalue weighted by molar-refractivity contribution is 5.89. The van der Waals surface area contributed by atoms with Crippen molar-refractivity contribution in [3.63, 3.8) is 0 Å². The number of carbonyl (C=O) groups excluding carboxylic acids is 2. The topological polar surface area (TPSA) is 76.1 Å². The monoisotopic (exact) mass is 393 g/mol. The van der Waals surface area contributed by atoms with Crippen LogP contribution in [0.3, 0.4) is 0 Å². The van der Waals surface area contributed by atoms with E-state index >= 15 is 0 Å². The quantitative estimate of drug-likeness (QED) is 0.602. The lowest BCUT2D eigenvalue weighted by Crippen LogP contribution is -2.37. The van der Waals surface area contributed by atoms with E-state index in [0.29, 0.717) is 24.4 Å². The first-order chi connectivity index (χ1) is 14.1. The van der Waals surface area contributed by atoms with Gasteiger partial charge >= 0.3 is 5.97 Å². The third kappa shape index (κ3) is 5.48. The molecule has 1 aliphatic rings. The molecule has 0 bridgehead atoms. The second-order valence-electron chi connectivity index (χ2n) is 6.56. The SMILES string of the molecule is COc1cc(/C=C/C(=O)OCC(=O)N2CC=C(c3ccccc3)CC2)ccc1O. The molecule has 0 saturated heterocycles. The summed E-state index contributed by atoms with van der Waals surface area (Å²) in [4.78, 5) is 25.9. The Morgan fingerprint density at radius 3 is 2.66 bits per heavy atom. The van der Waals surface area contributed by atoms with Gasteiger partial charge in [-0.3, -0.25) is 4.79 Å². The summed E-state index contributed by atoms with van der Waals surface area (Å²) in [5.74, 6) is -0.503. The maximum atomic E-state index is 12.3. The Bertz CT molecular complexity index is 934. The molecule has 0 unspecified atom stereocenters. The van der Waals surface area contributed by atoms with Crippen molar-refractivity contribution in [2.24, 2.45) is 0 Å². The van der Waals surface area contributed by atoms with Crippen molar-refractivity contribution in [1.82, 2.24) is 4.90 Å². The maximum Gasteiger partial charge on any atom is 0.331 e. The molecule has 3 rings (SSSR count). The van der Waals surface area contributed by atoms with E-state index in [9.17, 15) is 14.7 Å². The van der Waals surface area contributed by atoms with Crippen LogP contribution in [0, 0.1) is 0 Å². The van der Waals surface area contributed by atoms with Crippen LogP contribution >= 0.6 is 0 Å². The van der Waals surface area contributed by atoms with Gasteiger partial charge < -0.3 is 19.5 Å². The number of benzene rings is 2. The van der Waals surface area contributed by atoms with Gasteiger partial charge in [0.25, 0.3) is 5.91 Å². The predicted octanol–water partition coefficient (Wildman–Crippen LogP) is 3.27. The lowest BCUT2D eigenvalue weighted by Gasteiger charge is -2.26. The first-order valence-corrected chi connectivity index (χ1v) is 9.31. The van der Waals surface area contributed by atoms with Crippen LogP contribution in [0.4, 0.5) is 0 Å². The van der Waals surface area contributed by atoms with Crippen LogP contribution < -0.4 is 4.74 Å². The summed E-state index contributed by atoms with van der Waals surface area (Å²) in [5, 5.41) is 9.58. The van der Waals surface area contributed by atoms with Gasteiger partial charge in [-0.25, -0.2) is 4.79 Å². The van der Waals surface area contributed by atoms with Crippen molar-refractivity contribution >= 4 is 23.5 Å². The minimum atomic E-state index is -0.608. The molecule has 1 aliphatic heterocycles. The number of rotatable bonds is 6. The van der Waals surface area contributed by atoms with Crippen LogP contribution in [-0.2, 0) is 14.3 Å². The largest absolute Gasteiger partial charge is 0.504 e. The number of hydrogen-bond acceptors (Lipinski definition) is 5. The highest BCUT2D eigenvalue weighted by atomic mass is 16.5. The van der Waals surface area contributed by atoms with Gasteiger partial charge in [-0.1, -0.05) is 42.5 Å². The maximum absolute atomic E-state index is 12.3. The van der Waals surface area contributed by atoms with E-state index in [1.165, 1.54) is 36.5 Å². The molecule has 0 atom stereocenters. The van der Waals surface area contributed by atoms with Crippen LogP contribution in [0.15, 0.2) is 60.7 Å². The molecule has 0 fully saturated rings. The number of amides is 1. The number of aromatic hydroxyl groups is 1. The molecule has 6 heteroatoms. The standard InChI is InChI=1S/C23H23NO5/c1-28-21-15-17(7-9-20(21)25)8-10-23(27)29-16-22(26)24-13-11-19(12-14-24)18-5-3-2-4-6-18/h2-11,15,25H,12-14,16H2,1H3/b10-8+. The summed E-state index contributed by atoms with van der Waals surface area (Å²) in [7, 11) is 1.45. The second kappa shape index (κ2) is 9.59. The number of phenolic OH excluding ortho intramolecular Hbond substituents is 1. The molecule has 2 aromatic carbocycles. The van der Waals surface area contributed by atoms with Crippen LogP contribution in [0.1, 0.15) is 17.5 Å². The predicted molar refractivity (Wildman–Crippen MR) is 110 cm³/mol. The fourth-order valence-electron chi connectivity index (χ4n) is 3.04. The Kier molecular flexibility index (Phi) is 6.68. The van der Waals surface area contributed by atoms with E-state index in [4.69, 9.17) is 9.47 Å². The Morgan fingerprint density at radius 1 is 1.17 bits per heavy atom. The Balaban J connectivity index is 1.48. The third-order valence-electron chi connectivity index (χ3n) is 4.66. The molecule has 0 aliphatic carbocycles. The molecule has 150 valence electrons. The lowest BCUT2D eigenvalue weighted by molar-refractivity contribution is -0.147. The third-order valence-corrected chi connectivity index (χ3v) is 4.66. The van der Waals surface area contributed by atoms with Gasteiger partial charge in [-0.15, -0.1) is 0 Å². The summed E-state index contributed by atoms with van der Waals surface area (Å²) < 4.78 is 10.1. The molecule has 1 heterocycles. The number of hydrogen-bond donors (Lipinski definition) is 1. The molecule has 2 aromatic rings. The lowest BCUT2D eigenvalue weighted by atomic mass is 10.00. The number of phenols is 1. The average molecular weight is 393 g/mol. The molecule has 0 saturated carbocycles. The van der Waals surface area contributed by atoms with Gasteiger partial charge in [-0.05, 0) is 41.3 Å². The molecular weight excluding hydrogens is 370 g/mol. The molecule has 1 N–H and O–H groups in total. The zero-order valence-electron chi connectivity index (χ0n) is 16.2. The fourth-order valence-corrected chi connectivity index (χ4v) is 3.04. The zero-order chi connectivity index (χ0) is 20.6. The smallest absolute Gasteiger partial charge is 0.331 e. The van der Waals surface area contributed by atoms with Crippen LogP contribution in [-0.4, -0.2) is 48.7 Å². The zero-order valence-corrected chi connectivity index (χ0v) is 16.2. The highest BCUT2D eigenvalue weighted by Crippen LogP contribution is 2.26. The first kappa shape index (κ1) is 20.2. The van der Waals surface area contributed by atoms with E-state index in [0.717, 1.165) is 6.42 Å². The second-order valence-corrected chi connectivity index (χ2v) is 6.56. The van der Waals surface area contributed by atoms with Crippen molar-refractivity contribution in [2.45, 2.75) is 6.42 Å². The van der Waals surface area contributed by atoms with Crippen molar-refractivity contribution < 1.29 is 24.2 Å². The summed E-state index contributed by atoms with van der Waals surface area (Å²) in [6.45, 7) is 0.806. The van der Waals surface area contributed by atoms with E-state index < -0.39 is 5.97 Å². The molecule has 1 amide bonds. The van der Waals surface area contributed by atoms with Crippen molar-refractivity contribution in [3.05, 3.63) is 71.8 Å². The van der Waals surface area contributed by atoms with Crippen LogP contribution in [0.5, 0.6) is 11.5 Å². The number of methoxy groups -OCH3 is 1. The van der Waals surface area contributed by atoms with Crippen LogP contribution in [0.25, 0.3) is 11.6 Å². The van der Waals surface area contributed by atoms with Crippen LogP contribution in [0.2, 0.25) is 0 Å². The van der Waals surface area contributed by atoms with Gasteiger partial charge in [0.2, 0.25) is 0 Å². The van der Waals surface area contributed by atoms with Gasteiger partial charge in [0.1, 0.15) is 0 Å². The van der Waals surface area contributed by atoms with E-state index in [1.807, 2.05) is 24.3 Å². The molecule has 0 aromatic heterocycles. The number of carbonyl (C=O) groups is 2. The van der Waals surface area contributed by atoms with E-state index in [-0.39, 0.29) is 18.3 Å². The Labute approximate surface area is 169 Å². The Morgan fingerprint density at radius 2 is 1.97 bits per heavy atom. The fraction of sp³-hybridized carbons (Fsp3) is 0.217. The van der Waals surface area contributed by atoms with E-state index in [2.05, 4.69) is 12.1 Å². The summed E-state index contributed by atoms with van der Waals surface area (Å²) >= 11 is 0. The van der Waals surface area contributed by atoms with E-state index in [1.54, 1.807) is 17.0 Å². The normalized spacial score (nSPS) is 13.8. The van der Waals surface area contributed by atoms with Crippen molar-refractivity contribution in [2.75, 3.05) is 26.8 Å². The minimum Gasteiger partial charge on any atom is -0.504 e. The molecule has 0 radical (unpaired) electrons. The minimum absolute atomic E-state index is 0.0174. The number of esters is 1. The molecule has 6 nitrogen and oxygen atoms in total. The van der Waals surface area contributed by atoms with Gasteiger partial charge in [0, 0.05) is 19.2 Å².